The standard InChI is InChI=1S/C17H14ClN/c1-11-6-7-15-16(12(2)19-17(15)8-11)10-13-4-3-5-14(18)9-13/h3-10,19H,2H2,1H3. The molecule has 0 atom stereocenters. The molecule has 0 saturated carbocycles. The number of fused-ring (bicyclic) bond motifs is 1. The van der Waals surface area contributed by atoms with Gasteiger partial charge in [0, 0.05) is 26.5 Å². The smallest absolute Gasteiger partial charge is 0.0467 e. The number of nitrogens with one attached hydrogen (secondary N) is 1. The maximum atomic E-state index is 6.02. The molecule has 0 amide bonds. The molecule has 0 unspecified atom stereocenters. The quantitative estimate of drug-likeness (QED) is 0.696. The highest BCUT2D eigenvalue weighted by Crippen LogP contribution is 2.12. The summed E-state index contributed by atoms with van der Waals surface area (Å²) in [5.41, 5.74) is 3.44. The van der Waals surface area contributed by atoms with Gasteiger partial charge in [0.25, 0.3) is 0 Å². The van der Waals surface area contributed by atoms with E-state index in [0.29, 0.717) is 0 Å². The fraction of sp³-hybridized carbons (Fsp3) is 0.0588. The van der Waals surface area contributed by atoms with Gasteiger partial charge in [-0.3, -0.25) is 0 Å². The maximum absolute atomic E-state index is 6.02. The average Bonchev–Trinajstić information content (AvgIpc) is 2.65. The summed E-state index contributed by atoms with van der Waals surface area (Å²) in [4.78, 5) is 3.33. The molecule has 1 nitrogen and oxygen atoms in total. The molecule has 2 aromatic carbocycles. The van der Waals surface area contributed by atoms with Gasteiger partial charge >= 0.3 is 0 Å². The third kappa shape index (κ3) is 2.29. The van der Waals surface area contributed by atoms with Crippen molar-refractivity contribution in [3.05, 3.63) is 69.2 Å². The minimum atomic E-state index is 0.745. The van der Waals surface area contributed by atoms with Gasteiger partial charge in [-0.2, -0.15) is 0 Å². The largest absolute Gasteiger partial charge is 0.355 e. The van der Waals surface area contributed by atoms with Crippen LogP contribution in [0.2, 0.25) is 5.02 Å². The summed E-state index contributed by atoms with van der Waals surface area (Å²) in [5.74, 6) is 0. The summed E-state index contributed by atoms with van der Waals surface area (Å²) in [7, 11) is 0. The number of aromatic nitrogens is 1. The van der Waals surface area contributed by atoms with Crippen molar-refractivity contribution < 1.29 is 0 Å². The highest BCUT2D eigenvalue weighted by Gasteiger charge is 2.00. The molecule has 0 aliphatic rings. The Morgan fingerprint density at radius 1 is 1.16 bits per heavy atom. The Balaban J connectivity index is 2.31. The fourth-order valence-corrected chi connectivity index (χ4v) is 2.52. The molecule has 0 fully saturated rings. The van der Waals surface area contributed by atoms with Gasteiger partial charge in [-0.25, -0.2) is 0 Å². The Hall–Kier alpha value is -1.99. The van der Waals surface area contributed by atoms with Crippen molar-refractivity contribution >= 4 is 35.2 Å². The summed E-state index contributed by atoms with van der Waals surface area (Å²) < 4.78 is 0. The molecule has 3 aromatic rings. The second kappa shape index (κ2) is 4.60. The van der Waals surface area contributed by atoms with Gasteiger partial charge in [-0.05, 0) is 42.3 Å². The normalized spacial score (nSPS) is 12.2. The first-order valence-electron chi connectivity index (χ1n) is 6.18. The van der Waals surface area contributed by atoms with E-state index in [9.17, 15) is 0 Å². The molecule has 1 N–H and O–H groups in total. The predicted octanol–water partition coefficient (Wildman–Crippen LogP) is 3.37. The zero-order valence-electron chi connectivity index (χ0n) is 10.7. The molecular formula is C17H14ClN. The molecule has 94 valence electrons. The van der Waals surface area contributed by atoms with E-state index >= 15 is 0 Å². The molecule has 1 aromatic heterocycles. The van der Waals surface area contributed by atoms with Gasteiger partial charge in [-0.15, -0.1) is 0 Å². The fourth-order valence-electron chi connectivity index (χ4n) is 2.32. The lowest BCUT2D eigenvalue weighted by Gasteiger charge is -1.95. The van der Waals surface area contributed by atoms with Crippen LogP contribution in [0, 0.1) is 6.92 Å². The summed E-state index contributed by atoms with van der Waals surface area (Å²) in [6.07, 6.45) is 2.11. The van der Waals surface area contributed by atoms with Crippen LogP contribution in [0.15, 0.2) is 42.5 Å². The minimum absolute atomic E-state index is 0.745. The third-order valence-electron chi connectivity index (χ3n) is 3.24. The van der Waals surface area contributed by atoms with E-state index in [4.69, 9.17) is 11.6 Å². The van der Waals surface area contributed by atoms with Gasteiger partial charge < -0.3 is 4.98 Å². The molecule has 0 radical (unpaired) electrons. The van der Waals surface area contributed by atoms with Crippen molar-refractivity contribution in [1.29, 1.82) is 0 Å². The molecular weight excluding hydrogens is 254 g/mol. The van der Waals surface area contributed by atoms with Gasteiger partial charge in [0.05, 0.1) is 0 Å². The summed E-state index contributed by atoms with van der Waals surface area (Å²) >= 11 is 6.02. The SMILES string of the molecule is C=c1[nH]c2cc(C)ccc2c1=Cc1cccc(Cl)c1. The maximum Gasteiger partial charge on any atom is 0.0467 e. The number of aromatic amines is 1. The highest BCUT2D eigenvalue weighted by atomic mass is 35.5. The van der Waals surface area contributed by atoms with Crippen LogP contribution in [0.5, 0.6) is 0 Å². The lowest BCUT2D eigenvalue weighted by molar-refractivity contribution is 1.36. The predicted molar refractivity (Wildman–Crippen MR) is 82.8 cm³/mol. The molecule has 0 spiro atoms. The lowest BCUT2D eigenvalue weighted by Crippen LogP contribution is -2.20. The van der Waals surface area contributed by atoms with E-state index in [1.54, 1.807) is 0 Å². The summed E-state index contributed by atoms with van der Waals surface area (Å²) in [6.45, 7) is 6.17. The van der Waals surface area contributed by atoms with E-state index in [1.807, 2.05) is 24.3 Å². The van der Waals surface area contributed by atoms with Gasteiger partial charge in [0.2, 0.25) is 0 Å². The lowest BCUT2D eigenvalue weighted by atomic mass is 10.1. The number of H-pyrrole nitrogens is 1. The molecule has 0 aliphatic heterocycles. The van der Waals surface area contributed by atoms with Gasteiger partial charge in [0.15, 0.2) is 0 Å². The average molecular weight is 268 g/mol. The molecule has 0 bridgehead atoms. The Kier molecular flexibility index (Phi) is 2.92. The van der Waals surface area contributed by atoms with Crippen LogP contribution in [0.4, 0.5) is 0 Å². The van der Waals surface area contributed by atoms with Crippen molar-refractivity contribution in [2.75, 3.05) is 0 Å². The number of hydrogen-bond donors (Lipinski definition) is 1. The van der Waals surface area contributed by atoms with E-state index in [0.717, 1.165) is 26.7 Å². The number of benzene rings is 2. The van der Waals surface area contributed by atoms with Crippen molar-refractivity contribution in [3.8, 4) is 0 Å². The highest BCUT2D eigenvalue weighted by molar-refractivity contribution is 6.30. The zero-order valence-corrected chi connectivity index (χ0v) is 11.5. The number of aryl methyl sites for hydroxylation is 1. The molecule has 19 heavy (non-hydrogen) atoms. The Morgan fingerprint density at radius 3 is 2.79 bits per heavy atom. The third-order valence-corrected chi connectivity index (χ3v) is 3.47. The van der Waals surface area contributed by atoms with Crippen LogP contribution in [0.25, 0.3) is 23.6 Å². The first-order chi connectivity index (χ1) is 9.13. The first-order valence-corrected chi connectivity index (χ1v) is 6.56. The summed E-state index contributed by atoms with van der Waals surface area (Å²) in [6, 6.07) is 14.2. The molecule has 1 heterocycles. The summed E-state index contributed by atoms with van der Waals surface area (Å²) in [5, 5.41) is 3.99. The van der Waals surface area contributed by atoms with Crippen molar-refractivity contribution in [2.45, 2.75) is 6.92 Å². The van der Waals surface area contributed by atoms with Crippen LogP contribution < -0.4 is 10.6 Å². The van der Waals surface area contributed by atoms with E-state index in [2.05, 4.69) is 42.8 Å². The van der Waals surface area contributed by atoms with E-state index in [-0.39, 0.29) is 0 Å². The Labute approximate surface area is 116 Å². The number of hydrogen-bond acceptors (Lipinski definition) is 0. The Morgan fingerprint density at radius 2 is 2.00 bits per heavy atom. The van der Waals surface area contributed by atoms with E-state index < -0.39 is 0 Å². The minimum Gasteiger partial charge on any atom is -0.355 e. The van der Waals surface area contributed by atoms with Crippen LogP contribution >= 0.6 is 11.6 Å². The molecule has 3 rings (SSSR count). The van der Waals surface area contributed by atoms with Crippen molar-refractivity contribution in [2.24, 2.45) is 0 Å². The van der Waals surface area contributed by atoms with Crippen molar-refractivity contribution in [1.82, 2.24) is 4.98 Å². The van der Waals surface area contributed by atoms with E-state index in [1.165, 1.54) is 10.9 Å². The molecule has 2 heteroatoms. The second-order valence-corrected chi connectivity index (χ2v) is 5.20. The number of rotatable bonds is 1. The van der Waals surface area contributed by atoms with Gasteiger partial charge in [0.1, 0.15) is 0 Å². The Bertz CT molecular complexity index is 859. The van der Waals surface area contributed by atoms with Crippen LogP contribution in [-0.2, 0) is 0 Å². The number of halogens is 1. The van der Waals surface area contributed by atoms with Crippen molar-refractivity contribution in [3.63, 3.8) is 0 Å². The molecule has 0 aliphatic carbocycles. The second-order valence-electron chi connectivity index (χ2n) is 4.77. The topological polar surface area (TPSA) is 15.8 Å². The zero-order chi connectivity index (χ0) is 13.4. The van der Waals surface area contributed by atoms with Crippen LogP contribution in [0.1, 0.15) is 11.1 Å². The van der Waals surface area contributed by atoms with Gasteiger partial charge in [-0.1, -0.05) is 42.4 Å². The van der Waals surface area contributed by atoms with Crippen LogP contribution in [0.3, 0.4) is 0 Å². The van der Waals surface area contributed by atoms with Crippen LogP contribution in [-0.4, -0.2) is 4.98 Å². The first kappa shape index (κ1) is 12.1. The monoisotopic (exact) mass is 267 g/mol. The molecule has 0 saturated heterocycles.